The lowest BCUT2D eigenvalue weighted by Crippen LogP contribution is -2.18. The van der Waals surface area contributed by atoms with E-state index in [1.807, 2.05) is 13.8 Å². The summed E-state index contributed by atoms with van der Waals surface area (Å²) < 4.78 is 36.8. The Balaban J connectivity index is 3.06. The smallest absolute Gasteiger partial charge is 0.345 e. The summed E-state index contributed by atoms with van der Waals surface area (Å²) in [5, 5.41) is -0.301. The zero-order valence-electron chi connectivity index (χ0n) is 14.2. The molecule has 4 nitrogen and oxygen atoms in total. The number of unbranched alkanes of at least 4 members (excludes halogenated alkanes) is 2. The van der Waals surface area contributed by atoms with E-state index in [0.717, 1.165) is 25.5 Å². The third-order valence-corrected chi connectivity index (χ3v) is 3.58. The zero-order chi connectivity index (χ0) is 18.8. The summed E-state index contributed by atoms with van der Waals surface area (Å²) >= 11 is 5.81. The predicted octanol–water partition coefficient (Wildman–Crippen LogP) is 4.84. The van der Waals surface area contributed by atoms with E-state index in [2.05, 4.69) is 0 Å². The summed E-state index contributed by atoms with van der Waals surface area (Å²) in [4.78, 5) is 24.7. The minimum Gasteiger partial charge on any atom is -0.500 e. The molecule has 0 N–H and O–H groups in total. The second-order valence-corrected chi connectivity index (χ2v) is 5.73. The third-order valence-electron chi connectivity index (χ3n) is 3.27. The highest BCUT2D eigenvalue weighted by atomic mass is 35.5. The Bertz CT molecular complexity index is 644. The van der Waals surface area contributed by atoms with E-state index in [9.17, 15) is 18.4 Å². The summed E-state index contributed by atoms with van der Waals surface area (Å²) in [6, 6.07) is 1.33. The number of benzene rings is 1. The minimum absolute atomic E-state index is 0.139. The van der Waals surface area contributed by atoms with E-state index < -0.39 is 29.0 Å². The number of rotatable bonds is 10. The van der Waals surface area contributed by atoms with Gasteiger partial charge in [0.1, 0.15) is 11.8 Å². The number of ether oxygens (including phenoxy) is 2. The molecule has 0 amide bonds. The molecule has 0 aliphatic heterocycles. The standard InChI is InChI=1S/C18H21ClF2O4/c1-3-5-7-24-11-13(18(23)25-8-6-4-2)17(22)12-9-15(20)16(21)10-14(12)19/h9-11H,3-8H2,1-2H3/b13-11-. The molecule has 0 saturated heterocycles. The van der Waals surface area contributed by atoms with Crippen LogP contribution in [0.5, 0.6) is 0 Å². The monoisotopic (exact) mass is 374 g/mol. The normalized spacial score (nSPS) is 11.3. The lowest BCUT2D eigenvalue weighted by Gasteiger charge is -2.10. The van der Waals surface area contributed by atoms with Crippen molar-refractivity contribution in [1.82, 2.24) is 0 Å². The average molecular weight is 375 g/mol. The van der Waals surface area contributed by atoms with Crippen LogP contribution in [-0.2, 0) is 14.3 Å². The van der Waals surface area contributed by atoms with Gasteiger partial charge in [-0.05, 0) is 25.0 Å². The molecule has 25 heavy (non-hydrogen) atoms. The van der Waals surface area contributed by atoms with E-state index in [1.54, 1.807) is 0 Å². The quantitative estimate of drug-likeness (QED) is 0.0859. The van der Waals surface area contributed by atoms with E-state index >= 15 is 0 Å². The Hall–Kier alpha value is -1.95. The van der Waals surface area contributed by atoms with Gasteiger partial charge in [0, 0.05) is 5.56 Å². The van der Waals surface area contributed by atoms with E-state index in [4.69, 9.17) is 21.1 Å². The fourth-order valence-electron chi connectivity index (χ4n) is 1.79. The van der Waals surface area contributed by atoms with Crippen LogP contribution in [0.1, 0.15) is 49.9 Å². The van der Waals surface area contributed by atoms with Crippen molar-refractivity contribution in [3.63, 3.8) is 0 Å². The van der Waals surface area contributed by atoms with Gasteiger partial charge in [-0.1, -0.05) is 38.3 Å². The van der Waals surface area contributed by atoms with E-state index in [1.165, 1.54) is 0 Å². The first-order chi connectivity index (χ1) is 11.9. The molecule has 0 bridgehead atoms. The highest BCUT2D eigenvalue weighted by Crippen LogP contribution is 2.23. The maximum atomic E-state index is 13.4. The second kappa shape index (κ2) is 10.8. The number of ketones is 1. The highest BCUT2D eigenvalue weighted by molar-refractivity contribution is 6.36. The van der Waals surface area contributed by atoms with Gasteiger partial charge < -0.3 is 9.47 Å². The van der Waals surface area contributed by atoms with Gasteiger partial charge in [-0.2, -0.15) is 0 Å². The van der Waals surface area contributed by atoms with Crippen LogP contribution >= 0.6 is 11.6 Å². The van der Waals surface area contributed by atoms with Crippen LogP contribution in [-0.4, -0.2) is 25.0 Å². The molecule has 1 rings (SSSR count). The zero-order valence-corrected chi connectivity index (χ0v) is 15.0. The molecular formula is C18H21ClF2O4. The molecule has 0 saturated carbocycles. The van der Waals surface area contributed by atoms with Crippen LogP contribution in [0.2, 0.25) is 5.02 Å². The molecule has 1 aromatic carbocycles. The average Bonchev–Trinajstić information content (AvgIpc) is 2.57. The highest BCUT2D eigenvalue weighted by Gasteiger charge is 2.25. The second-order valence-electron chi connectivity index (χ2n) is 5.32. The number of hydrogen-bond donors (Lipinski definition) is 0. The Kier molecular flexibility index (Phi) is 9.13. The number of carbonyl (C=O) groups is 2. The van der Waals surface area contributed by atoms with E-state index in [-0.39, 0.29) is 17.2 Å². The van der Waals surface area contributed by atoms with Gasteiger partial charge >= 0.3 is 5.97 Å². The third kappa shape index (κ3) is 6.46. The number of esters is 1. The van der Waals surface area contributed by atoms with Crippen molar-refractivity contribution in [2.75, 3.05) is 13.2 Å². The molecule has 0 aromatic heterocycles. The largest absolute Gasteiger partial charge is 0.500 e. The van der Waals surface area contributed by atoms with Gasteiger partial charge in [-0.15, -0.1) is 0 Å². The van der Waals surface area contributed by atoms with Crippen LogP contribution < -0.4 is 0 Å². The maximum absolute atomic E-state index is 13.4. The molecule has 0 radical (unpaired) electrons. The molecule has 0 aliphatic carbocycles. The van der Waals surface area contributed by atoms with Crippen LogP contribution in [0.4, 0.5) is 8.78 Å². The molecule has 1 aromatic rings. The van der Waals surface area contributed by atoms with Crippen molar-refractivity contribution >= 4 is 23.4 Å². The SMILES string of the molecule is CCCCO/C=C(\C(=O)OCCCC)C(=O)c1cc(F)c(F)cc1Cl. The topological polar surface area (TPSA) is 52.6 Å². The lowest BCUT2D eigenvalue weighted by atomic mass is 10.0. The van der Waals surface area contributed by atoms with Gasteiger partial charge in [0.15, 0.2) is 11.6 Å². The summed E-state index contributed by atoms with van der Waals surface area (Å²) in [6.45, 7) is 4.32. The minimum atomic E-state index is -1.24. The summed E-state index contributed by atoms with van der Waals surface area (Å²) in [7, 11) is 0. The van der Waals surface area contributed by atoms with Crippen LogP contribution in [0.15, 0.2) is 24.0 Å². The molecule has 0 spiro atoms. The van der Waals surface area contributed by atoms with Crippen molar-refractivity contribution in [1.29, 1.82) is 0 Å². The van der Waals surface area contributed by atoms with Crippen molar-refractivity contribution in [3.05, 3.63) is 46.2 Å². The number of Topliss-reactive ketones (excluding diaryl/α,β-unsaturated/α-hetero) is 1. The van der Waals surface area contributed by atoms with Crippen molar-refractivity contribution < 1.29 is 27.8 Å². The molecule has 0 aliphatic rings. The maximum Gasteiger partial charge on any atom is 0.345 e. The van der Waals surface area contributed by atoms with Gasteiger partial charge in [-0.25, -0.2) is 13.6 Å². The van der Waals surface area contributed by atoms with Crippen LogP contribution in [0.25, 0.3) is 0 Å². The predicted molar refractivity (Wildman–Crippen MR) is 90.5 cm³/mol. The molecule has 0 unspecified atom stereocenters. The molecule has 138 valence electrons. The van der Waals surface area contributed by atoms with Crippen molar-refractivity contribution in [2.24, 2.45) is 0 Å². The molecule has 0 atom stereocenters. The van der Waals surface area contributed by atoms with Gasteiger partial charge in [-0.3, -0.25) is 4.79 Å². The Morgan fingerprint density at radius 2 is 1.68 bits per heavy atom. The van der Waals surface area contributed by atoms with Gasteiger partial charge in [0.05, 0.1) is 18.2 Å². The van der Waals surface area contributed by atoms with Crippen LogP contribution in [0, 0.1) is 11.6 Å². The number of halogens is 3. The molecular weight excluding hydrogens is 354 g/mol. The summed E-state index contributed by atoms with van der Waals surface area (Å²) in [5.74, 6) is -4.20. The fraction of sp³-hybridized carbons (Fsp3) is 0.444. The fourth-order valence-corrected chi connectivity index (χ4v) is 2.03. The van der Waals surface area contributed by atoms with Gasteiger partial charge in [0.2, 0.25) is 5.78 Å². The first-order valence-electron chi connectivity index (χ1n) is 8.10. The van der Waals surface area contributed by atoms with Gasteiger partial charge in [0.25, 0.3) is 0 Å². The van der Waals surface area contributed by atoms with Crippen LogP contribution in [0.3, 0.4) is 0 Å². The lowest BCUT2D eigenvalue weighted by molar-refractivity contribution is -0.138. The number of hydrogen-bond acceptors (Lipinski definition) is 4. The Labute approximate surface area is 150 Å². The summed E-state index contributed by atoms with van der Waals surface area (Å²) in [5.41, 5.74) is -0.751. The molecule has 0 fully saturated rings. The first kappa shape index (κ1) is 21.1. The first-order valence-corrected chi connectivity index (χ1v) is 8.48. The molecule has 7 heteroatoms. The van der Waals surface area contributed by atoms with Crippen molar-refractivity contribution in [2.45, 2.75) is 39.5 Å². The number of carbonyl (C=O) groups excluding carboxylic acids is 2. The molecule has 0 heterocycles. The Morgan fingerprint density at radius 3 is 2.32 bits per heavy atom. The van der Waals surface area contributed by atoms with E-state index in [0.29, 0.717) is 25.2 Å². The van der Waals surface area contributed by atoms with Crippen molar-refractivity contribution in [3.8, 4) is 0 Å². The summed E-state index contributed by atoms with van der Waals surface area (Å²) in [6.07, 6.45) is 4.03. The Morgan fingerprint density at radius 1 is 1.08 bits per heavy atom.